The lowest BCUT2D eigenvalue weighted by atomic mass is 9.86. The molecule has 3 N–H and O–H groups in total. The third-order valence-corrected chi connectivity index (χ3v) is 4.87. The normalized spacial score (nSPS) is 20.6. The second-order valence-corrected chi connectivity index (χ2v) is 6.05. The Morgan fingerprint density at radius 1 is 1.53 bits per heavy atom. The Balaban J connectivity index is 1.91. The van der Waals surface area contributed by atoms with E-state index in [1.165, 1.54) is 30.7 Å². The van der Waals surface area contributed by atoms with Gasteiger partial charge in [0, 0.05) is 18.1 Å². The molecule has 96 valence electrons. The molecule has 1 atom stereocenters. The predicted molar refractivity (Wildman–Crippen MR) is 73.1 cm³/mol. The maximum Gasteiger partial charge on any atom is 0.109 e. The van der Waals surface area contributed by atoms with Gasteiger partial charge >= 0.3 is 0 Å². The Labute approximate surface area is 108 Å². The molecule has 17 heavy (non-hydrogen) atoms. The van der Waals surface area contributed by atoms with Gasteiger partial charge in [0.15, 0.2) is 0 Å². The molecule has 4 heteroatoms. The highest BCUT2D eigenvalue weighted by atomic mass is 32.1. The zero-order chi connectivity index (χ0) is 12.1. The van der Waals surface area contributed by atoms with E-state index in [-0.39, 0.29) is 0 Å². The van der Waals surface area contributed by atoms with Crippen molar-refractivity contribution in [3.63, 3.8) is 0 Å². The van der Waals surface area contributed by atoms with Crippen LogP contribution in [-0.2, 0) is 0 Å². The highest BCUT2D eigenvalue weighted by Gasteiger charge is 2.32. The molecular formula is C13H23N3S. The van der Waals surface area contributed by atoms with Gasteiger partial charge in [-0.25, -0.2) is 4.98 Å². The molecular weight excluding hydrogens is 230 g/mol. The fourth-order valence-electron chi connectivity index (χ4n) is 2.73. The Morgan fingerprint density at radius 2 is 2.29 bits per heavy atom. The van der Waals surface area contributed by atoms with Crippen LogP contribution < -0.4 is 11.1 Å². The molecule has 2 rings (SSSR count). The van der Waals surface area contributed by atoms with Crippen LogP contribution in [0.4, 0.5) is 0 Å². The van der Waals surface area contributed by atoms with Crippen molar-refractivity contribution in [3.8, 4) is 0 Å². The quantitative estimate of drug-likeness (QED) is 0.819. The van der Waals surface area contributed by atoms with Crippen LogP contribution in [-0.4, -0.2) is 18.1 Å². The molecule has 3 nitrogen and oxygen atoms in total. The van der Waals surface area contributed by atoms with Crippen LogP contribution >= 0.6 is 11.3 Å². The molecule has 0 amide bonds. The largest absolute Gasteiger partial charge is 0.330 e. The topological polar surface area (TPSA) is 50.9 Å². The van der Waals surface area contributed by atoms with Crippen LogP contribution in [0.2, 0.25) is 0 Å². The van der Waals surface area contributed by atoms with Crippen LogP contribution in [0.15, 0.2) is 11.6 Å². The molecule has 0 aromatic carbocycles. The van der Waals surface area contributed by atoms with Gasteiger partial charge in [0.05, 0.1) is 6.04 Å². The summed E-state index contributed by atoms with van der Waals surface area (Å²) in [5.41, 5.74) is 6.31. The summed E-state index contributed by atoms with van der Waals surface area (Å²) in [7, 11) is 0. The van der Waals surface area contributed by atoms with Crippen molar-refractivity contribution in [2.75, 3.05) is 13.1 Å². The maximum atomic E-state index is 5.96. The van der Waals surface area contributed by atoms with E-state index < -0.39 is 0 Å². The van der Waals surface area contributed by atoms with Crippen LogP contribution in [0, 0.1) is 5.41 Å². The smallest absolute Gasteiger partial charge is 0.109 e. The summed E-state index contributed by atoms with van der Waals surface area (Å²) in [5.74, 6) is 0. The monoisotopic (exact) mass is 253 g/mol. The number of nitrogens with one attached hydrogen (secondary N) is 1. The standard InChI is InChI=1S/C13H23N3S/c1-2-11(12-15-7-8-17-12)16-10-13(9-14)5-3-4-6-13/h7-8,11,16H,2-6,9-10,14H2,1H3. The lowest BCUT2D eigenvalue weighted by Gasteiger charge is -2.29. The van der Waals surface area contributed by atoms with E-state index in [0.29, 0.717) is 11.5 Å². The molecule has 0 radical (unpaired) electrons. The molecule has 1 unspecified atom stereocenters. The van der Waals surface area contributed by atoms with Crippen molar-refractivity contribution >= 4 is 11.3 Å². The average molecular weight is 253 g/mol. The van der Waals surface area contributed by atoms with Crippen LogP contribution in [0.1, 0.15) is 50.1 Å². The van der Waals surface area contributed by atoms with E-state index in [1.54, 1.807) is 11.3 Å². The summed E-state index contributed by atoms with van der Waals surface area (Å²) in [6, 6.07) is 0.402. The van der Waals surface area contributed by atoms with Gasteiger partial charge in [-0.05, 0) is 31.2 Å². The number of rotatable bonds is 6. The van der Waals surface area contributed by atoms with E-state index in [2.05, 4.69) is 17.2 Å². The van der Waals surface area contributed by atoms with Crippen molar-refractivity contribution in [2.24, 2.45) is 11.1 Å². The highest BCUT2D eigenvalue weighted by Crippen LogP contribution is 2.37. The van der Waals surface area contributed by atoms with Gasteiger partial charge < -0.3 is 11.1 Å². The van der Waals surface area contributed by atoms with Gasteiger partial charge in [0.25, 0.3) is 0 Å². The predicted octanol–water partition coefficient (Wildman–Crippen LogP) is 2.70. The first-order valence-corrected chi connectivity index (χ1v) is 7.50. The summed E-state index contributed by atoms with van der Waals surface area (Å²) in [6.45, 7) is 4.07. The van der Waals surface area contributed by atoms with E-state index in [0.717, 1.165) is 19.5 Å². The van der Waals surface area contributed by atoms with Crippen molar-refractivity contribution < 1.29 is 0 Å². The minimum Gasteiger partial charge on any atom is -0.330 e. The molecule has 1 heterocycles. The summed E-state index contributed by atoms with van der Waals surface area (Å²) in [6.07, 6.45) is 8.22. The molecule has 0 spiro atoms. The number of nitrogens with two attached hydrogens (primary N) is 1. The van der Waals surface area contributed by atoms with Crippen molar-refractivity contribution in [3.05, 3.63) is 16.6 Å². The zero-order valence-electron chi connectivity index (χ0n) is 10.6. The average Bonchev–Trinajstić information content (AvgIpc) is 3.01. The number of hydrogen-bond acceptors (Lipinski definition) is 4. The fourth-order valence-corrected chi connectivity index (χ4v) is 3.53. The molecule has 1 aromatic heterocycles. The maximum absolute atomic E-state index is 5.96. The summed E-state index contributed by atoms with van der Waals surface area (Å²) >= 11 is 1.74. The van der Waals surface area contributed by atoms with Crippen molar-refractivity contribution in [1.29, 1.82) is 0 Å². The number of hydrogen-bond donors (Lipinski definition) is 2. The minimum atomic E-state index is 0.352. The third-order valence-electron chi connectivity index (χ3n) is 3.98. The lowest BCUT2D eigenvalue weighted by Crippen LogP contribution is -2.39. The van der Waals surface area contributed by atoms with Crippen molar-refractivity contribution in [2.45, 2.75) is 45.1 Å². The third kappa shape index (κ3) is 3.06. The van der Waals surface area contributed by atoms with Gasteiger partial charge in [-0.2, -0.15) is 0 Å². The summed E-state index contributed by atoms with van der Waals surface area (Å²) in [5, 5.41) is 6.93. The van der Waals surface area contributed by atoms with E-state index in [4.69, 9.17) is 5.73 Å². The first kappa shape index (κ1) is 13.0. The Kier molecular flexibility index (Phi) is 4.54. The molecule has 0 aliphatic heterocycles. The molecule has 1 aliphatic carbocycles. The molecule has 1 fully saturated rings. The first-order valence-electron chi connectivity index (χ1n) is 6.62. The summed E-state index contributed by atoms with van der Waals surface area (Å²) in [4.78, 5) is 4.41. The second-order valence-electron chi connectivity index (χ2n) is 5.12. The number of aromatic nitrogens is 1. The van der Waals surface area contributed by atoms with Gasteiger partial charge in [-0.1, -0.05) is 19.8 Å². The van der Waals surface area contributed by atoms with Gasteiger partial charge in [0.1, 0.15) is 5.01 Å². The van der Waals surface area contributed by atoms with Gasteiger partial charge in [-0.3, -0.25) is 0 Å². The zero-order valence-corrected chi connectivity index (χ0v) is 11.4. The van der Waals surface area contributed by atoms with E-state index in [9.17, 15) is 0 Å². The Morgan fingerprint density at radius 3 is 2.82 bits per heavy atom. The van der Waals surface area contributed by atoms with Gasteiger partial charge in [0.2, 0.25) is 0 Å². The molecule has 0 bridgehead atoms. The molecule has 1 aliphatic rings. The van der Waals surface area contributed by atoms with Crippen LogP contribution in [0.3, 0.4) is 0 Å². The fraction of sp³-hybridized carbons (Fsp3) is 0.769. The van der Waals surface area contributed by atoms with E-state index >= 15 is 0 Å². The van der Waals surface area contributed by atoms with Gasteiger partial charge in [-0.15, -0.1) is 11.3 Å². The Bertz CT molecular complexity index is 317. The first-order chi connectivity index (χ1) is 8.29. The molecule has 1 saturated carbocycles. The number of thiazole rings is 1. The minimum absolute atomic E-state index is 0.352. The number of nitrogens with zero attached hydrogens (tertiary/aromatic N) is 1. The molecule has 0 saturated heterocycles. The SMILES string of the molecule is CCC(NCC1(CN)CCCC1)c1nccs1. The van der Waals surface area contributed by atoms with Crippen molar-refractivity contribution in [1.82, 2.24) is 10.3 Å². The molecule has 1 aromatic rings. The Hall–Kier alpha value is -0.450. The van der Waals surface area contributed by atoms with E-state index in [1.807, 2.05) is 11.6 Å². The lowest BCUT2D eigenvalue weighted by molar-refractivity contribution is 0.274. The summed E-state index contributed by atoms with van der Waals surface area (Å²) < 4.78 is 0. The second kappa shape index (κ2) is 5.94. The van der Waals surface area contributed by atoms with Crippen LogP contribution in [0.5, 0.6) is 0 Å². The van der Waals surface area contributed by atoms with Crippen LogP contribution in [0.25, 0.3) is 0 Å². The highest BCUT2D eigenvalue weighted by molar-refractivity contribution is 7.09.